The van der Waals surface area contributed by atoms with Crippen LogP contribution in [0.3, 0.4) is 0 Å². The van der Waals surface area contributed by atoms with Crippen molar-refractivity contribution in [3.05, 3.63) is 35.3 Å². The third-order valence-corrected chi connectivity index (χ3v) is 4.44. The zero-order valence-corrected chi connectivity index (χ0v) is 17.0. The number of carbonyl (C=O) groups excluding carboxylic acids is 1. The van der Waals surface area contributed by atoms with Gasteiger partial charge in [-0.1, -0.05) is 12.1 Å². The first kappa shape index (κ1) is 20.8. The molecule has 156 valence electrons. The Morgan fingerprint density at radius 2 is 2.17 bits per heavy atom. The van der Waals surface area contributed by atoms with Gasteiger partial charge in [0.1, 0.15) is 13.2 Å². The number of nitrogens with one attached hydrogen (secondary N) is 3. The Bertz CT molecular complexity index is 831. The molecule has 2 aromatic rings. The van der Waals surface area contributed by atoms with Crippen LogP contribution < -0.4 is 15.4 Å². The SMILES string of the molecule is CCCNCCOc1ccc(NC(=O)c2n[nH]c3c2/C(=N/OCC)CCC3)cn1. The van der Waals surface area contributed by atoms with Crippen LogP contribution in [0, 0.1) is 0 Å². The summed E-state index contributed by atoms with van der Waals surface area (Å²) in [6.07, 6.45) is 5.20. The largest absolute Gasteiger partial charge is 0.476 e. The van der Waals surface area contributed by atoms with Gasteiger partial charge in [0, 0.05) is 18.3 Å². The van der Waals surface area contributed by atoms with Gasteiger partial charge in [-0.25, -0.2) is 4.98 Å². The van der Waals surface area contributed by atoms with Crippen LogP contribution in [0.25, 0.3) is 0 Å². The van der Waals surface area contributed by atoms with Crippen molar-refractivity contribution in [1.29, 1.82) is 0 Å². The number of ether oxygens (including phenoxy) is 1. The number of aromatic nitrogens is 3. The molecule has 2 heterocycles. The molecule has 1 amide bonds. The van der Waals surface area contributed by atoms with Crippen LogP contribution in [-0.4, -0.2) is 53.1 Å². The maximum Gasteiger partial charge on any atom is 0.276 e. The first-order valence-electron chi connectivity index (χ1n) is 10.1. The standard InChI is InChI=1S/C20H28N6O3/c1-3-10-21-11-12-28-17-9-8-14(13-22-17)23-20(27)19-18-15(24-25-19)6-5-7-16(18)26-29-4-2/h8-9,13,21H,3-7,10-12H2,1-2H3,(H,23,27)(H,24,25)/b26-16+. The summed E-state index contributed by atoms with van der Waals surface area (Å²) in [5, 5.41) is 17.4. The third-order valence-electron chi connectivity index (χ3n) is 4.44. The highest BCUT2D eigenvalue weighted by Crippen LogP contribution is 2.24. The number of hydrogen-bond acceptors (Lipinski definition) is 7. The Kier molecular flexibility index (Phi) is 7.57. The number of aryl methyl sites for hydroxylation is 1. The lowest BCUT2D eigenvalue weighted by molar-refractivity contribution is 0.102. The minimum Gasteiger partial charge on any atom is -0.476 e. The third kappa shape index (κ3) is 5.54. The normalized spacial score (nSPS) is 14.5. The van der Waals surface area contributed by atoms with Crippen LogP contribution in [0.1, 0.15) is 54.9 Å². The number of nitrogens with zero attached hydrogens (tertiary/aromatic N) is 3. The van der Waals surface area contributed by atoms with Crippen LogP contribution in [0.2, 0.25) is 0 Å². The average molecular weight is 400 g/mol. The van der Waals surface area contributed by atoms with Gasteiger partial charge in [-0.15, -0.1) is 0 Å². The van der Waals surface area contributed by atoms with Crippen LogP contribution in [0.5, 0.6) is 5.88 Å². The molecule has 2 aromatic heterocycles. The Morgan fingerprint density at radius 1 is 1.28 bits per heavy atom. The highest BCUT2D eigenvalue weighted by atomic mass is 16.6. The molecule has 1 aliphatic rings. The van der Waals surface area contributed by atoms with Gasteiger partial charge in [-0.2, -0.15) is 5.10 Å². The summed E-state index contributed by atoms with van der Waals surface area (Å²) in [6.45, 7) is 6.75. The fraction of sp³-hybridized carbons (Fsp3) is 0.500. The summed E-state index contributed by atoms with van der Waals surface area (Å²) in [5.74, 6) is 0.206. The van der Waals surface area contributed by atoms with E-state index in [0.717, 1.165) is 55.7 Å². The van der Waals surface area contributed by atoms with Crippen molar-refractivity contribution in [2.75, 3.05) is 31.6 Å². The molecule has 0 atom stereocenters. The predicted octanol–water partition coefficient (Wildman–Crippen LogP) is 2.51. The number of fused-ring (bicyclic) bond motifs is 1. The Hall–Kier alpha value is -2.94. The number of amides is 1. The highest BCUT2D eigenvalue weighted by Gasteiger charge is 2.27. The number of hydrogen-bond donors (Lipinski definition) is 3. The number of pyridine rings is 1. The molecule has 0 saturated carbocycles. The second-order valence-corrected chi connectivity index (χ2v) is 6.67. The molecule has 0 radical (unpaired) electrons. The van der Waals surface area contributed by atoms with E-state index in [1.165, 1.54) is 0 Å². The second-order valence-electron chi connectivity index (χ2n) is 6.67. The van der Waals surface area contributed by atoms with Crippen LogP contribution >= 0.6 is 0 Å². The zero-order chi connectivity index (χ0) is 20.5. The minimum atomic E-state index is -0.312. The molecule has 0 bridgehead atoms. The number of aromatic amines is 1. The first-order valence-corrected chi connectivity index (χ1v) is 10.1. The number of anilines is 1. The lowest BCUT2D eigenvalue weighted by Gasteiger charge is -2.14. The summed E-state index contributed by atoms with van der Waals surface area (Å²) >= 11 is 0. The maximum atomic E-state index is 12.8. The molecular formula is C20H28N6O3. The van der Waals surface area contributed by atoms with E-state index in [-0.39, 0.29) is 5.91 Å². The fourth-order valence-corrected chi connectivity index (χ4v) is 3.08. The Morgan fingerprint density at radius 3 is 2.93 bits per heavy atom. The topological polar surface area (TPSA) is 114 Å². The molecule has 0 aromatic carbocycles. The fourth-order valence-electron chi connectivity index (χ4n) is 3.08. The number of oxime groups is 1. The molecule has 9 nitrogen and oxygen atoms in total. The van der Waals surface area contributed by atoms with Gasteiger partial charge in [0.15, 0.2) is 5.69 Å². The number of carbonyl (C=O) groups is 1. The molecule has 3 rings (SSSR count). The van der Waals surface area contributed by atoms with E-state index >= 15 is 0 Å². The molecule has 0 saturated heterocycles. The van der Waals surface area contributed by atoms with Crippen molar-refractivity contribution in [3.63, 3.8) is 0 Å². The van der Waals surface area contributed by atoms with Crippen molar-refractivity contribution in [2.45, 2.75) is 39.5 Å². The molecule has 0 unspecified atom stereocenters. The average Bonchev–Trinajstić information content (AvgIpc) is 3.18. The van der Waals surface area contributed by atoms with Crippen LogP contribution in [-0.2, 0) is 11.3 Å². The maximum absolute atomic E-state index is 12.8. The molecule has 0 spiro atoms. The van der Waals surface area contributed by atoms with Crippen molar-refractivity contribution >= 4 is 17.3 Å². The van der Waals surface area contributed by atoms with E-state index in [0.29, 0.717) is 30.5 Å². The second kappa shape index (κ2) is 10.6. The Balaban J connectivity index is 1.62. The van der Waals surface area contributed by atoms with Gasteiger partial charge in [0.25, 0.3) is 5.91 Å². The van der Waals surface area contributed by atoms with Gasteiger partial charge >= 0.3 is 0 Å². The van der Waals surface area contributed by atoms with Gasteiger partial charge in [-0.3, -0.25) is 9.89 Å². The van der Waals surface area contributed by atoms with E-state index in [4.69, 9.17) is 9.57 Å². The summed E-state index contributed by atoms with van der Waals surface area (Å²) in [7, 11) is 0. The molecule has 29 heavy (non-hydrogen) atoms. The summed E-state index contributed by atoms with van der Waals surface area (Å²) in [6, 6.07) is 3.49. The molecular weight excluding hydrogens is 372 g/mol. The molecule has 0 aliphatic heterocycles. The lowest BCUT2D eigenvalue weighted by Crippen LogP contribution is -2.21. The van der Waals surface area contributed by atoms with Crippen LogP contribution in [0.15, 0.2) is 23.5 Å². The number of H-pyrrole nitrogens is 1. The first-order chi connectivity index (χ1) is 14.2. The van der Waals surface area contributed by atoms with Crippen LogP contribution in [0.4, 0.5) is 5.69 Å². The van der Waals surface area contributed by atoms with Crippen molar-refractivity contribution in [3.8, 4) is 5.88 Å². The molecule has 1 aliphatic carbocycles. The number of rotatable bonds is 10. The van der Waals surface area contributed by atoms with Crippen molar-refractivity contribution < 1.29 is 14.4 Å². The quantitative estimate of drug-likeness (QED) is 0.417. The summed E-state index contributed by atoms with van der Waals surface area (Å²) in [5.41, 5.74) is 3.31. The van der Waals surface area contributed by atoms with E-state index in [9.17, 15) is 4.79 Å². The van der Waals surface area contributed by atoms with Gasteiger partial charge in [-0.05, 0) is 45.2 Å². The van der Waals surface area contributed by atoms with Gasteiger partial charge < -0.3 is 20.2 Å². The molecule has 0 fully saturated rings. The minimum absolute atomic E-state index is 0.312. The Labute approximate surface area is 170 Å². The summed E-state index contributed by atoms with van der Waals surface area (Å²) in [4.78, 5) is 22.2. The van der Waals surface area contributed by atoms with Gasteiger partial charge in [0.05, 0.1) is 23.2 Å². The summed E-state index contributed by atoms with van der Waals surface area (Å²) < 4.78 is 5.58. The zero-order valence-electron chi connectivity index (χ0n) is 17.0. The molecule has 9 heteroatoms. The highest BCUT2D eigenvalue weighted by molar-refractivity contribution is 6.13. The lowest BCUT2D eigenvalue weighted by atomic mass is 9.93. The van der Waals surface area contributed by atoms with E-state index in [1.807, 2.05) is 6.92 Å². The van der Waals surface area contributed by atoms with Gasteiger partial charge in [0.2, 0.25) is 5.88 Å². The molecule has 3 N–H and O–H groups in total. The van der Waals surface area contributed by atoms with E-state index < -0.39 is 0 Å². The van der Waals surface area contributed by atoms with E-state index in [2.05, 4.69) is 37.9 Å². The monoisotopic (exact) mass is 400 g/mol. The van der Waals surface area contributed by atoms with Crippen molar-refractivity contribution in [1.82, 2.24) is 20.5 Å². The van der Waals surface area contributed by atoms with Crippen molar-refractivity contribution in [2.24, 2.45) is 5.16 Å². The smallest absolute Gasteiger partial charge is 0.276 e. The predicted molar refractivity (Wildman–Crippen MR) is 111 cm³/mol. The van der Waals surface area contributed by atoms with E-state index in [1.54, 1.807) is 18.3 Å².